The molecule has 1 aromatic rings. The average Bonchev–Trinajstić information content (AvgIpc) is 2.11. The SMILES string of the molecule is CCCC(Cl)c1cc(F)c(F)cc1F. The van der Waals surface area contributed by atoms with Gasteiger partial charge in [0.25, 0.3) is 0 Å². The van der Waals surface area contributed by atoms with E-state index in [1.165, 1.54) is 0 Å². The van der Waals surface area contributed by atoms with Gasteiger partial charge in [-0.15, -0.1) is 11.6 Å². The lowest BCUT2D eigenvalue weighted by Crippen LogP contribution is -1.98. The highest BCUT2D eigenvalue weighted by Gasteiger charge is 2.15. The zero-order valence-electron chi connectivity index (χ0n) is 7.66. The van der Waals surface area contributed by atoms with E-state index in [2.05, 4.69) is 0 Å². The second kappa shape index (κ2) is 4.69. The van der Waals surface area contributed by atoms with E-state index in [0.717, 1.165) is 12.5 Å². The topological polar surface area (TPSA) is 0 Å². The molecule has 1 unspecified atom stereocenters. The maximum absolute atomic E-state index is 13.1. The summed E-state index contributed by atoms with van der Waals surface area (Å²) in [6.45, 7) is 1.88. The first-order valence-electron chi connectivity index (χ1n) is 4.34. The van der Waals surface area contributed by atoms with Crippen molar-refractivity contribution in [2.45, 2.75) is 25.1 Å². The molecule has 0 aliphatic carbocycles. The van der Waals surface area contributed by atoms with Gasteiger partial charge < -0.3 is 0 Å². The second-order valence-electron chi connectivity index (χ2n) is 3.04. The van der Waals surface area contributed by atoms with Gasteiger partial charge in [-0.2, -0.15) is 0 Å². The molecule has 0 radical (unpaired) electrons. The predicted molar refractivity (Wildman–Crippen MR) is 49.8 cm³/mol. The zero-order chi connectivity index (χ0) is 10.7. The minimum Gasteiger partial charge on any atom is -0.207 e. The summed E-state index contributed by atoms with van der Waals surface area (Å²) in [6.07, 6.45) is 1.29. The second-order valence-corrected chi connectivity index (χ2v) is 3.57. The smallest absolute Gasteiger partial charge is 0.161 e. The van der Waals surface area contributed by atoms with Gasteiger partial charge in [0.15, 0.2) is 11.6 Å². The van der Waals surface area contributed by atoms with Crippen LogP contribution in [0.4, 0.5) is 13.2 Å². The van der Waals surface area contributed by atoms with Gasteiger partial charge in [-0.05, 0) is 12.5 Å². The number of hydrogen-bond acceptors (Lipinski definition) is 0. The molecule has 1 rings (SSSR count). The summed E-state index contributed by atoms with van der Waals surface area (Å²) in [5.41, 5.74) is 0.0208. The van der Waals surface area contributed by atoms with Crippen molar-refractivity contribution >= 4 is 11.6 Å². The maximum Gasteiger partial charge on any atom is 0.161 e. The monoisotopic (exact) mass is 222 g/mol. The molecule has 1 atom stereocenters. The summed E-state index contributed by atoms with van der Waals surface area (Å²) >= 11 is 5.81. The van der Waals surface area contributed by atoms with Gasteiger partial charge in [0.05, 0.1) is 5.38 Å². The Hall–Kier alpha value is -0.700. The molecular formula is C10H10ClF3. The Labute approximate surface area is 85.7 Å². The van der Waals surface area contributed by atoms with E-state index in [9.17, 15) is 13.2 Å². The lowest BCUT2D eigenvalue weighted by Gasteiger charge is -2.09. The molecule has 0 bridgehead atoms. The van der Waals surface area contributed by atoms with E-state index < -0.39 is 22.8 Å². The Bertz CT molecular complexity index is 325. The van der Waals surface area contributed by atoms with E-state index in [0.29, 0.717) is 12.5 Å². The van der Waals surface area contributed by atoms with Gasteiger partial charge in [-0.25, -0.2) is 13.2 Å². The first kappa shape index (κ1) is 11.4. The van der Waals surface area contributed by atoms with Gasteiger partial charge in [0.2, 0.25) is 0 Å². The minimum absolute atomic E-state index is 0.0208. The lowest BCUT2D eigenvalue weighted by atomic mass is 10.1. The van der Waals surface area contributed by atoms with Gasteiger partial charge in [-0.3, -0.25) is 0 Å². The van der Waals surface area contributed by atoms with Crippen LogP contribution in [0.15, 0.2) is 12.1 Å². The number of alkyl halides is 1. The quantitative estimate of drug-likeness (QED) is 0.532. The van der Waals surface area contributed by atoms with Crippen molar-refractivity contribution in [3.05, 3.63) is 35.1 Å². The van der Waals surface area contributed by atoms with E-state index in [4.69, 9.17) is 11.6 Å². The fraction of sp³-hybridized carbons (Fsp3) is 0.400. The molecule has 0 nitrogen and oxygen atoms in total. The van der Waals surface area contributed by atoms with Gasteiger partial charge in [0.1, 0.15) is 5.82 Å². The highest BCUT2D eigenvalue weighted by atomic mass is 35.5. The molecule has 14 heavy (non-hydrogen) atoms. The summed E-state index contributed by atoms with van der Waals surface area (Å²) in [5.74, 6) is -3.05. The number of benzene rings is 1. The predicted octanol–water partition coefficient (Wildman–Crippen LogP) is 4.18. The standard InChI is InChI=1S/C10H10ClF3/c1-2-3-7(11)6-4-9(13)10(14)5-8(6)12/h4-5,7H,2-3H2,1H3. The molecule has 0 aliphatic heterocycles. The molecule has 0 aromatic heterocycles. The average molecular weight is 223 g/mol. The van der Waals surface area contributed by atoms with Crippen LogP contribution in [0.1, 0.15) is 30.7 Å². The van der Waals surface area contributed by atoms with Crippen molar-refractivity contribution in [3.8, 4) is 0 Å². The fourth-order valence-corrected chi connectivity index (χ4v) is 1.57. The summed E-state index contributed by atoms with van der Waals surface area (Å²) < 4.78 is 38.4. The van der Waals surface area contributed by atoms with Crippen molar-refractivity contribution < 1.29 is 13.2 Å². The first-order valence-corrected chi connectivity index (χ1v) is 4.78. The maximum atomic E-state index is 13.1. The Balaban J connectivity index is 3.02. The molecule has 0 spiro atoms. The van der Waals surface area contributed by atoms with Crippen molar-refractivity contribution in [3.63, 3.8) is 0 Å². The molecule has 0 heterocycles. The van der Waals surface area contributed by atoms with Crippen LogP contribution in [0.3, 0.4) is 0 Å². The normalized spacial score (nSPS) is 12.9. The van der Waals surface area contributed by atoms with Crippen molar-refractivity contribution in [1.82, 2.24) is 0 Å². The van der Waals surface area contributed by atoms with Crippen LogP contribution in [0.2, 0.25) is 0 Å². The van der Waals surface area contributed by atoms with E-state index in [-0.39, 0.29) is 5.56 Å². The molecular weight excluding hydrogens is 213 g/mol. The summed E-state index contributed by atoms with van der Waals surface area (Å²) in [7, 11) is 0. The van der Waals surface area contributed by atoms with Crippen molar-refractivity contribution in [2.75, 3.05) is 0 Å². The molecule has 0 amide bonds. The van der Waals surface area contributed by atoms with Crippen LogP contribution >= 0.6 is 11.6 Å². The molecule has 0 aliphatic rings. The van der Waals surface area contributed by atoms with Crippen LogP contribution in [-0.2, 0) is 0 Å². The van der Waals surface area contributed by atoms with Gasteiger partial charge in [-0.1, -0.05) is 13.3 Å². The Kier molecular flexibility index (Phi) is 3.81. The van der Waals surface area contributed by atoms with Crippen LogP contribution in [0.25, 0.3) is 0 Å². The van der Waals surface area contributed by atoms with Gasteiger partial charge >= 0.3 is 0 Å². The fourth-order valence-electron chi connectivity index (χ4n) is 1.19. The highest BCUT2D eigenvalue weighted by molar-refractivity contribution is 6.20. The van der Waals surface area contributed by atoms with Crippen LogP contribution in [-0.4, -0.2) is 0 Å². The van der Waals surface area contributed by atoms with Crippen LogP contribution in [0, 0.1) is 17.5 Å². The molecule has 0 saturated carbocycles. The minimum atomic E-state index is -1.19. The lowest BCUT2D eigenvalue weighted by molar-refractivity contribution is 0.488. The highest BCUT2D eigenvalue weighted by Crippen LogP contribution is 2.29. The molecule has 0 saturated heterocycles. The molecule has 78 valence electrons. The van der Waals surface area contributed by atoms with E-state index in [1.807, 2.05) is 6.92 Å². The zero-order valence-corrected chi connectivity index (χ0v) is 8.41. The number of hydrogen-bond donors (Lipinski definition) is 0. The third-order valence-corrected chi connectivity index (χ3v) is 2.37. The molecule has 1 aromatic carbocycles. The van der Waals surface area contributed by atoms with E-state index in [1.54, 1.807) is 0 Å². The third kappa shape index (κ3) is 2.41. The molecule has 0 fully saturated rings. The van der Waals surface area contributed by atoms with E-state index >= 15 is 0 Å². The summed E-state index contributed by atoms with van der Waals surface area (Å²) in [4.78, 5) is 0. The summed E-state index contributed by atoms with van der Waals surface area (Å²) in [6, 6.07) is 1.34. The third-order valence-electron chi connectivity index (χ3n) is 1.92. The number of halogens is 4. The Morgan fingerprint density at radius 1 is 1.14 bits per heavy atom. The molecule has 0 N–H and O–H groups in total. The summed E-state index contributed by atoms with van der Waals surface area (Å²) in [5, 5.41) is -0.602. The Morgan fingerprint density at radius 2 is 1.71 bits per heavy atom. The largest absolute Gasteiger partial charge is 0.207 e. The van der Waals surface area contributed by atoms with Crippen molar-refractivity contribution in [2.24, 2.45) is 0 Å². The molecule has 4 heteroatoms. The van der Waals surface area contributed by atoms with Crippen LogP contribution < -0.4 is 0 Å². The first-order chi connectivity index (χ1) is 6.56. The Morgan fingerprint density at radius 3 is 2.29 bits per heavy atom. The van der Waals surface area contributed by atoms with Crippen LogP contribution in [0.5, 0.6) is 0 Å². The number of rotatable bonds is 3. The van der Waals surface area contributed by atoms with Crippen molar-refractivity contribution in [1.29, 1.82) is 0 Å². The van der Waals surface area contributed by atoms with Gasteiger partial charge in [0, 0.05) is 11.6 Å².